The molecule has 0 aliphatic rings. The summed E-state index contributed by atoms with van der Waals surface area (Å²) in [5, 5.41) is 0. The van der Waals surface area contributed by atoms with E-state index < -0.39 is 0 Å². The lowest BCUT2D eigenvalue weighted by Gasteiger charge is -2.04. The van der Waals surface area contributed by atoms with Crippen LogP contribution in [0.25, 0.3) is 0 Å². The Labute approximate surface area is 63.7 Å². The third-order valence-corrected chi connectivity index (χ3v) is 2.07. The molecule has 52 valence electrons. The normalized spacial score (nSPS) is 9.90. The molecule has 0 saturated heterocycles. The molecule has 0 aliphatic heterocycles. The van der Waals surface area contributed by atoms with E-state index >= 15 is 0 Å². The average Bonchev–Trinajstić information content (AvgIpc) is 1.82. The van der Waals surface area contributed by atoms with Crippen molar-refractivity contribution in [1.29, 1.82) is 0 Å². The van der Waals surface area contributed by atoms with E-state index in [1.165, 1.54) is 22.2 Å². The molecule has 0 aromatic heterocycles. The molecule has 0 N–H and O–H groups in total. The summed E-state index contributed by atoms with van der Waals surface area (Å²) in [6.07, 6.45) is 0. The Kier molecular flexibility index (Phi) is 1.84. The van der Waals surface area contributed by atoms with Crippen LogP contribution >= 0.6 is 0 Å². The summed E-state index contributed by atoms with van der Waals surface area (Å²) in [5.74, 6) is 0. The molecule has 0 unspecified atom stereocenters. The number of aryl methyl sites for hydroxylation is 2. The van der Waals surface area contributed by atoms with E-state index in [-0.39, 0.29) is 0 Å². The maximum atomic E-state index is 2.22. The van der Waals surface area contributed by atoms with Gasteiger partial charge in [-0.05, 0) is 37.5 Å². The van der Waals surface area contributed by atoms with Gasteiger partial charge in [-0.25, -0.2) is 0 Å². The molecule has 0 nitrogen and oxygen atoms in total. The predicted octanol–water partition coefficient (Wildman–Crippen LogP) is 0.870. The van der Waals surface area contributed by atoms with Crippen molar-refractivity contribution < 1.29 is 0 Å². The minimum absolute atomic E-state index is 1.36. The SMILES string of the molecule is Bc1cc(C)c(C)c(C)c1. The van der Waals surface area contributed by atoms with Crippen LogP contribution in [0.3, 0.4) is 0 Å². The molecule has 1 rings (SSSR count). The smallest absolute Gasteiger partial charge is 0.0884 e. The molecule has 1 aromatic rings. The Balaban J connectivity index is 3.31. The first-order valence-corrected chi connectivity index (χ1v) is 3.65. The van der Waals surface area contributed by atoms with Crippen molar-refractivity contribution in [3.05, 3.63) is 28.8 Å². The standard InChI is InChI=1S/C9H13B/c1-6-4-9(10)5-7(2)8(6)3/h4-5H,10H2,1-3H3. The van der Waals surface area contributed by atoms with Crippen LogP contribution < -0.4 is 5.46 Å². The average molecular weight is 132 g/mol. The second-order valence-electron chi connectivity index (χ2n) is 3.02. The van der Waals surface area contributed by atoms with E-state index in [2.05, 4.69) is 40.8 Å². The molecule has 1 aromatic carbocycles. The molecule has 0 aliphatic carbocycles. The van der Waals surface area contributed by atoms with Crippen LogP contribution in [-0.2, 0) is 0 Å². The summed E-state index contributed by atoms with van der Waals surface area (Å²) in [4.78, 5) is 0. The van der Waals surface area contributed by atoms with Gasteiger partial charge in [0.15, 0.2) is 0 Å². The molecule has 0 fully saturated rings. The number of hydrogen-bond acceptors (Lipinski definition) is 0. The lowest BCUT2D eigenvalue weighted by Crippen LogP contribution is -2.04. The molecule has 0 amide bonds. The van der Waals surface area contributed by atoms with Crippen LogP contribution in [-0.4, -0.2) is 7.85 Å². The number of hydrogen-bond donors (Lipinski definition) is 0. The minimum atomic E-state index is 1.36. The highest BCUT2D eigenvalue weighted by atomic mass is 14.0. The molecular formula is C9H13B. The first kappa shape index (κ1) is 7.39. The Morgan fingerprint density at radius 1 is 1.00 bits per heavy atom. The lowest BCUT2D eigenvalue weighted by molar-refractivity contribution is 1.28. The maximum Gasteiger partial charge on any atom is 0.139 e. The summed E-state index contributed by atoms with van der Waals surface area (Å²) in [5.41, 5.74) is 5.58. The number of benzene rings is 1. The van der Waals surface area contributed by atoms with Crippen LogP contribution in [0.15, 0.2) is 12.1 Å². The largest absolute Gasteiger partial charge is 0.139 e. The molecule has 1 heteroatoms. The fourth-order valence-corrected chi connectivity index (χ4v) is 1.25. The molecule has 0 saturated carbocycles. The molecule has 0 bridgehead atoms. The van der Waals surface area contributed by atoms with Crippen molar-refractivity contribution in [3.63, 3.8) is 0 Å². The van der Waals surface area contributed by atoms with Gasteiger partial charge in [-0.2, -0.15) is 0 Å². The zero-order chi connectivity index (χ0) is 7.72. The predicted molar refractivity (Wildman–Crippen MR) is 48.8 cm³/mol. The fraction of sp³-hybridized carbons (Fsp3) is 0.333. The van der Waals surface area contributed by atoms with E-state index in [9.17, 15) is 0 Å². The van der Waals surface area contributed by atoms with Gasteiger partial charge >= 0.3 is 0 Å². The zero-order valence-corrected chi connectivity index (χ0v) is 7.15. The van der Waals surface area contributed by atoms with Crippen molar-refractivity contribution in [2.45, 2.75) is 20.8 Å². The minimum Gasteiger partial charge on any atom is -0.0884 e. The third-order valence-electron chi connectivity index (χ3n) is 2.07. The first-order valence-electron chi connectivity index (χ1n) is 3.65. The lowest BCUT2D eigenvalue weighted by atomic mass is 9.90. The van der Waals surface area contributed by atoms with Gasteiger partial charge in [0.25, 0.3) is 0 Å². The first-order chi connectivity index (χ1) is 4.61. The highest BCUT2D eigenvalue weighted by Crippen LogP contribution is 2.08. The molecule has 0 atom stereocenters. The van der Waals surface area contributed by atoms with Crippen molar-refractivity contribution in [2.75, 3.05) is 0 Å². The van der Waals surface area contributed by atoms with Gasteiger partial charge in [0.2, 0.25) is 0 Å². The Morgan fingerprint density at radius 2 is 1.40 bits per heavy atom. The highest BCUT2D eigenvalue weighted by molar-refractivity contribution is 6.32. The van der Waals surface area contributed by atoms with Crippen LogP contribution in [0, 0.1) is 20.8 Å². The van der Waals surface area contributed by atoms with Gasteiger partial charge in [-0.3, -0.25) is 0 Å². The molecular weight excluding hydrogens is 119 g/mol. The summed E-state index contributed by atoms with van der Waals surface area (Å²) in [7, 11) is 2.14. The van der Waals surface area contributed by atoms with Gasteiger partial charge < -0.3 is 0 Å². The summed E-state index contributed by atoms with van der Waals surface area (Å²) >= 11 is 0. The van der Waals surface area contributed by atoms with E-state index in [0.29, 0.717) is 0 Å². The monoisotopic (exact) mass is 132 g/mol. The second kappa shape index (κ2) is 2.49. The van der Waals surface area contributed by atoms with Crippen LogP contribution in [0.2, 0.25) is 0 Å². The summed E-state index contributed by atoms with van der Waals surface area (Å²) < 4.78 is 0. The van der Waals surface area contributed by atoms with Crippen molar-refractivity contribution in [2.24, 2.45) is 0 Å². The van der Waals surface area contributed by atoms with Crippen LogP contribution in [0.4, 0.5) is 0 Å². The third kappa shape index (κ3) is 1.23. The Morgan fingerprint density at radius 3 is 1.80 bits per heavy atom. The Hall–Kier alpha value is -0.715. The van der Waals surface area contributed by atoms with Gasteiger partial charge in [-0.1, -0.05) is 17.6 Å². The van der Waals surface area contributed by atoms with Crippen molar-refractivity contribution in [3.8, 4) is 0 Å². The van der Waals surface area contributed by atoms with Crippen molar-refractivity contribution >= 4 is 13.3 Å². The zero-order valence-electron chi connectivity index (χ0n) is 7.15. The molecule has 0 heterocycles. The van der Waals surface area contributed by atoms with Gasteiger partial charge in [0.1, 0.15) is 7.85 Å². The summed E-state index contributed by atoms with van der Waals surface area (Å²) in [6, 6.07) is 4.45. The highest BCUT2D eigenvalue weighted by Gasteiger charge is 1.95. The van der Waals surface area contributed by atoms with Gasteiger partial charge in [-0.15, -0.1) is 0 Å². The second-order valence-corrected chi connectivity index (χ2v) is 3.02. The molecule has 0 spiro atoms. The molecule has 10 heavy (non-hydrogen) atoms. The van der Waals surface area contributed by atoms with E-state index in [1.54, 1.807) is 0 Å². The number of rotatable bonds is 0. The van der Waals surface area contributed by atoms with E-state index in [4.69, 9.17) is 0 Å². The van der Waals surface area contributed by atoms with Gasteiger partial charge in [0.05, 0.1) is 0 Å². The van der Waals surface area contributed by atoms with E-state index in [1.807, 2.05) is 0 Å². The van der Waals surface area contributed by atoms with Crippen molar-refractivity contribution in [1.82, 2.24) is 0 Å². The Bertz CT molecular complexity index is 228. The van der Waals surface area contributed by atoms with Crippen LogP contribution in [0.1, 0.15) is 16.7 Å². The topological polar surface area (TPSA) is 0 Å². The maximum absolute atomic E-state index is 2.22. The van der Waals surface area contributed by atoms with E-state index in [0.717, 1.165) is 0 Å². The fourth-order valence-electron chi connectivity index (χ4n) is 1.25. The summed E-state index contributed by atoms with van der Waals surface area (Å²) in [6.45, 7) is 6.49. The van der Waals surface area contributed by atoms with Gasteiger partial charge in [0, 0.05) is 0 Å². The quantitative estimate of drug-likeness (QED) is 0.459. The molecule has 0 radical (unpaired) electrons. The van der Waals surface area contributed by atoms with Crippen LogP contribution in [0.5, 0.6) is 0 Å².